The van der Waals surface area contributed by atoms with Crippen molar-refractivity contribution in [3.8, 4) is 0 Å². The lowest BCUT2D eigenvalue weighted by Gasteiger charge is -2.41. The molecule has 4 rings (SSSR count). The molecule has 0 unspecified atom stereocenters. The van der Waals surface area contributed by atoms with Crippen molar-refractivity contribution < 1.29 is 4.79 Å². The number of anilines is 1. The Morgan fingerprint density at radius 3 is 2.64 bits per heavy atom. The minimum atomic E-state index is 0.117. The van der Waals surface area contributed by atoms with E-state index in [0.717, 1.165) is 56.7 Å². The summed E-state index contributed by atoms with van der Waals surface area (Å²) in [6.45, 7) is 7.96. The van der Waals surface area contributed by atoms with Crippen molar-refractivity contribution in [3.05, 3.63) is 35.5 Å². The first-order chi connectivity index (χ1) is 12.1. The van der Waals surface area contributed by atoms with Gasteiger partial charge in [-0.05, 0) is 44.7 Å². The van der Waals surface area contributed by atoms with E-state index in [2.05, 4.69) is 48.3 Å². The van der Waals surface area contributed by atoms with Gasteiger partial charge in [0, 0.05) is 43.3 Å². The lowest BCUT2D eigenvalue weighted by atomic mass is 9.99. The van der Waals surface area contributed by atoms with Gasteiger partial charge < -0.3 is 15.1 Å². The van der Waals surface area contributed by atoms with Crippen LogP contribution in [0.5, 0.6) is 0 Å². The zero-order valence-corrected chi connectivity index (χ0v) is 15.1. The standard InChI is InChI=1S/C20H26N4O/c1-14-15(2)22-18-7-4-3-6-17(18)19(14)23-12-8-16(9-13-23)24-11-5-10-21-20(24)25/h3-4,6-7,16H,5,8-13H2,1-2H3,(H,21,25). The van der Waals surface area contributed by atoms with E-state index in [1.165, 1.54) is 16.6 Å². The van der Waals surface area contributed by atoms with Gasteiger partial charge >= 0.3 is 6.03 Å². The van der Waals surface area contributed by atoms with Crippen LogP contribution in [0.4, 0.5) is 10.5 Å². The summed E-state index contributed by atoms with van der Waals surface area (Å²) in [5.74, 6) is 0. The summed E-state index contributed by atoms with van der Waals surface area (Å²) in [4.78, 5) is 21.4. The summed E-state index contributed by atoms with van der Waals surface area (Å²) in [6.07, 6.45) is 3.12. The molecule has 2 aliphatic heterocycles. The number of aromatic nitrogens is 1. The normalized spacial score (nSPS) is 19.4. The highest BCUT2D eigenvalue weighted by Crippen LogP contribution is 2.33. The quantitative estimate of drug-likeness (QED) is 0.914. The molecule has 132 valence electrons. The second kappa shape index (κ2) is 6.54. The van der Waals surface area contributed by atoms with Crippen molar-refractivity contribution in [3.63, 3.8) is 0 Å². The molecule has 0 radical (unpaired) electrons. The minimum absolute atomic E-state index is 0.117. The van der Waals surface area contributed by atoms with Crippen molar-refractivity contribution in [2.75, 3.05) is 31.1 Å². The molecule has 2 fully saturated rings. The van der Waals surface area contributed by atoms with E-state index in [-0.39, 0.29) is 6.03 Å². The van der Waals surface area contributed by atoms with Crippen LogP contribution in [-0.2, 0) is 0 Å². The highest BCUT2D eigenvalue weighted by Gasteiger charge is 2.30. The second-order valence-corrected chi connectivity index (χ2v) is 7.19. The predicted molar refractivity (Wildman–Crippen MR) is 101 cm³/mol. The summed E-state index contributed by atoms with van der Waals surface area (Å²) in [5, 5.41) is 4.21. The van der Waals surface area contributed by atoms with Gasteiger partial charge in [-0.25, -0.2) is 4.79 Å². The van der Waals surface area contributed by atoms with Gasteiger partial charge in [-0.1, -0.05) is 18.2 Å². The van der Waals surface area contributed by atoms with Gasteiger partial charge in [0.15, 0.2) is 0 Å². The van der Waals surface area contributed by atoms with Gasteiger partial charge in [0.1, 0.15) is 0 Å². The fourth-order valence-corrected chi connectivity index (χ4v) is 4.21. The number of para-hydroxylation sites is 1. The Bertz CT molecular complexity index is 796. The molecule has 3 heterocycles. The van der Waals surface area contributed by atoms with Gasteiger partial charge in [0.2, 0.25) is 0 Å². The number of nitrogens with one attached hydrogen (secondary N) is 1. The molecule has 0 spiro atoms. The number of aryl methyl sites for hydroxylation is 1. The third kappa shape index (κ3) is 2.92. The number of hydrogen-bond donors (Lipinski definition) is 1. The Morgan fingerprint density at radius 2 is 1.88 bits per heavy atom. The largest absolute Gasteiger partial charge is 0.371 e. The molecule has 1 N–H and O–H groups in total. The number of rotatable bonds is 2. The maximum Gasteiger partial charge on any atom is 0.317 e. The first-order valence-electron chi connectivity index (χ1n) is 9.30. The monoisotopic (exact) mass is 338 g/mol. The lowest BCUT2D eigenvalue weighted by molar-refractivity contribution is 0.149. The molecule has 2 aliphatic rings. The Morgan fingerprint density at radius 1 is 1.12 bits per heavy atom. The molecule has 0 atom stereocenters. The van der Waals surface area contributed by atoms with E-state index >= 15 is 0 Å². The fourth-order valence-electron chi connectivity index (χ4n) is 4.21. The first kappa shape index (κ1) is 16.2. The zero-order valence-electron chi connectivity index (χ0n) is 15.1. The van der Waals surface area contributed by atoms with E-state index in [0.29, 0.717) is 6.04 Å². The fraction of sp³-hybridized carbons (Fsp3) is 0.500. The summed E-state index contributed by atoms with van der Waals surface area (Å²) in [5.41, 5.74) is 4.77. The third-order valence-corrected chi connectivity index (χ3v) is 5.68. The molecule has 5 heteroatoms. The van der Waals surface area contributed by atoms with Crippen molar-refractivity contribution in [2.45, 2.75) is 39.2 Å². The molecule has 1 aromatic heterocycles. The number of amides is 2. The Labute approximate surface area is 149 Å². The average molecular weight is 338 g/mol. The summed E-state index contributed by atoms with van der Waals surface area (Å²) >= 11 is 0. The van der Waals surface area contributed by atoms with Crippen LogP contribution >= 0.6 is 0 Å². The van der Waals surface area contributed by atoms with Crippen molar-refractivity contribution >= 4 is 22.6 Å². The van der Waals surface area contributed by atoms with Crippen LogP contribution in [0.1, 0.15) is 30.5 Å². The molecule has 0 saturated carbocycles. The molecular formula is C20H26N4O. The van der Waals surface area contributed by atoms with Crippen LogP contribution in [0.25, 0.3) is 10.9 Å². The van der Waals surface area contributed by atoms with Crippen LogP contribution in [0.3, 0.4) is 0 Å². The number of urea groups is 1. The number of carbonyl (C=O) groups excluding carboxylic acids is 1. The molecule has 2 amide bonds. The maximum atomic E-state index is 12.1. The maximum absolute atomic E-state index is 12.1. The number of pyridine rings is 1. The van der Waals surface area contributed by atoms with Gasteiger partial charge in [0.05, 0.1) is 11.2 Å². The zero-order chi connectivity index (χ0) is 17.4. The smallest absolute Gasteiger partial charge is 0.317 e. The molecule has 25 heavy (non-hydrogen) atoms. The third-order valence-electron chi connectivity index (χ3n) is 5.68. The van der Waals surface area contributed by atoms with Crippen LogP contribution < -0.4 is 10.2 Å². The molecule has 1 aromatic carbocycles. The van der Waals surface area contributed by atoms with E-state index in [4.69, 9.17) is 4.98 Å². The van der Waals surface area contributed by atoms with Crippen LogP contribution in [0.2, 0.25) is 0 Å². The number of hydrogen-bond acceptors (Lipinski definition) is 3. The number of piperidine rings is 1. The van der Waals surface area contributed by atoms with Crippen molar-refractivity contribution in [2.24, 2.45) is 0 Å². The molecule has 5 nitrogen and oxygen atoms in total. The van der Waals surface area contributed by atoms with Gasteiger partial charge in [-0.3, -0.25) is 4.98 Å². The summed E-state index contributed by atoms with van der Waals surface area (Å²) < 4.78 is 0. The van der Waals surface area contributed by atoms with E-state index in [9.17, 15) is 4.79 Å². The summed E-state index contributed by atoms with van der Waals surface area (Å²) in [7, 11) is 0. The van der Waals surface area contributed by atoms with Crippen molar-refractivity contribution in [1.29, 1.82) is 0 Å². The molecular weight excluding hydrogens is 312 g/mol. The number of fused-ring (bicyclic) bond motifs is 1. The number of nitrogens with zero attached hydrogens (tertiary/aromatic N) is 3. The van der Waals surface area contributed by atoms with Gasteiger partial charge in [-0.15, -0.1) is 0 Å². The predicted octanol–water partition coefficient (Wildman–Crippen LogP) is 3.24. The second-order valence-electron chi connectivity index (χ2n) is 7.19. The van der Waals surface area contributed by atoms with E-state index in [1.54, 1.807) is 0 Å². The Kier molecular flexibility index (Phi) is 4.24. The molecule has 2 saturated heterocycles. The van der Waals surface area contributed by atoms with E-state index in [1.807, 2.05) is 4.90 Å². The molecule has 0 bridgehead atoms. The number of carbonyl (C=O) groups is 1. The highest BCUT2D eigenvalue weighted by molar-refractivity contribution is 5.94. The highest BCUT2D eigenvalue weighted by atomic mass is 16.2. The Hall–Kier alpha value is -2.30. The van der Waals surface area contributed by atoms with Crippen LogP contribution in [0, 0.1) is 13.8 Å². The Balaban J connectivity index is 1.58. The number of benzene rings is 1. The summed E-state index contributed by atoms with van der Waals surface area (Å²) in [6, 6.07) is 8.89. The van der Waals surface area contributed by atoms with Crippen LogP contribution in [0.15, 0.2) is 24.3 Å². The van der Waals surface area contributed by atoms with Gasteiger partial charge in [-0.2, -0.15) is 0 Å². The van der Waals surface area contributed by atoms with Crippen molar-refractivity contribution in [1.82, 2.24) is 15.2 Å². The van der Waals surface area contributed by atoms with Crippen LogP contribution in [-0.4, -0.2) is 48.1 Å². The lowest BCUT2D eigenvalue weighted by Crippen LogP contribution is -2.54. The first-order valence-corrected chi connectivity index (χ1v) is 9.30. The van der Waals surface area contributed by atoms with E-state index < -0.39 is 0 Å². The average Bonchev–Trinajstić information content (AvgIpc) is 2.64. The minimum Gasteiger partial charge on any atom is -0.371 e. The molecule has 0 aliphatic carbocycles. The molecule has 2 aromatic rings. The SMILES string of the molecule is Cc1nc2ccccc2c(N2CCC(N3CCCNC3=O)CC2)c1C. The van der Waals surface area contributed by atoms with Gasteiger partial charge in [0.25, 0.3) is 0 Å². The topological polar surface area (TPSA) is 48.5 Å².